The highest BCUT2D eigenvalue weighted by Gasteiger charge is 2.45. The molecule has 0 spiro atoms. The number of hydrogen-bond acceptors (Lipinski definition) is 9. The number of nitrogens with one attached hydrogen (secondary N) is 2. The highest BCUT2D eigenvalue weighted by Crippen LogP contribution is 2.29. The van der Waals surface area contributed by atoms with E-state index in [0.29, 0.717) is 37.7 Å². The maximum absolute atomic E-state index is 14.4. The fourth-order valence-electron chi connectivity index (χ4n) is 6.38. The van der Waals surface area contributed by atoms with E-state index in [2.05, 4.69) is 10.6 Å². The summed E-state index contributed by atoms with van der Waals surface area (Å²) in [4.78, 5) is 83.4. The Morgan fingerprint density at radius 3 is 2.06 bits per heavy atom. The van der Waals surface area contributed by atoms with E-state index in [1.807, 2.05) is 34.6 Å². The summed E-state index contributed by atoms with van der Waals surface area (Å²) in [6.45, 7) is 16.0. The van der Waals surface area contributed by atoms with Crippen molar-refractivity contribution < 1.29 is 43.7 Å². The molecule has 14 nitrogen and oxygen atoms in total. The lowest BCUT2D eigenvalue weighted by Crippen LogP contribution is -2.62. The van der Waals surface area contributed by atoms with Crippen molar-refractivity contribution in [2.45, 2.75) is 137 Å². The number of piperidine rings is 1. The molecule has 1 aromatic rings. The first-order chi connectivity index (χ1) is 24.7. The lowest BCUT2D eigenvalue weighted by Gasteiger charge is -2.44. The molecule has 1 heterocycles. The number of benzene rings is 1. The number of phenolic OH excluding ortho intramolecular Hbond substituents is 1. The number of ether oxygens (including phenoxy) is 1. The van der Waals surface area contributed by atoms with Crippen LogP contribution in [-0.4, -0.2) is 99.1 Å². The number of aromatic hydroxyl groups is 1. The molecule has 6 N–H and O–H groups in total. The summed E-state index contributed by atoms with van der Waals surface area (Å²) in [7, 11) is 1.46. The van der Waals surface area contributed by atoms with Crippen LogP contribution in [0.2, 0.25) is 0 Å². The van der Waals surface area contributed by atoms with Crippen molar-refractivity contribution in [2.24, 2.45) is 35.3 Å². The molecule has 298 valence electrons. The van der Waals surface area contributed by atoms with Crippen LogP contribution in [0.25, 0.3) is 0 Å². The second kappa shape index (κ2) is 20.3. The largest absolute Gasteiger partial charge is 0.508 e. The molecule has 5 amide bonds. The normalized spacial score (nSPS) is 20.6. The molecule has 0 saturated carbocycles. The van der Waals surface area contributed by atoms with E-state index in [4.69, 9.17) is 10.5 Å². The Morgan fingerprint density at radius 2 is 1.53 bits per heavy atom. The van der Waals surface area contributed by atoms with Gasteiger partial charge < -0.3 is 41.1 Å². The zero-order chi connectivity index (χ0) is 40.3. The van der Waals surface area contributed by atoms with Gasteiger partial charge >= 0.3 is 5.97 Å². The minimum atomic E-state index is -1.18. The van der Waals surface area contributed by atoms with Crippen LogP contribution >= 0.6 is 0 Å². The molecule has 1 aromatic carbocycles. The first-order valence-corrected chi connectivity index (χ1v) is 18.9. The minimum Gasteiger partial charge on any atom is -0.508 e. The number of phenols is 1. The Morgan fingerprint density at radius 1 is 0.943 bits per heavy atom. The molecule has 1 saturated heterocycles. The first-order valence-electron chi connectivity index (χ1n) is 18.9. The topological polar surface area (TPSA) is 209 Å². The first kappa shape index (κ1) is 45.0. The number of amides is 5. The fourth-order valence-corrected chi connectivity index (χ4v) is 6.38. The van der Waals surface area contributed by atoms with Crippen LogP contribution in [0.3, 0.4) is 0 Å². The SMILES string of the molecule is CC[C@H](C)[C@H](NC(=O)[C@H](Cc1ccc(O)cc1)N(C)C(=O)[C@H]([C@@H](C)CC)N1C(=O)[C@@H](C)CCC1O)C(=O)O[C@H](C)[C@H](C)C(=O)N[C@@H](CC(C)C)C(N)=O. The molecule has 53 heavy (non-hydrogen) atoms. The third-order valence-corrected chi connectivity index (χ3v) is 10.6. The highest BCUT2D eigenvalue weighted by molar-refractivity contribution is 5.94. The Bertz CT molecular complexity index is 1420. The molecule has 1 aliphatic rings. The number of aliphatic hydroxyl groups is 1. The highest BCUT2D eigenvalue weighted by atomic mass is 16.5. The maximum atomic E-state index is 14.4. The number of likely N-dealkylation sites (N-methyl/N-ethyl adjacent to an activating group) is 1. The molecule has 2 rings (SSSR count). The van der Waals surface area contributed by atoms with Gasteiger partial charge in [-0.3, -0.25) is 24.0 Å². The van der Waals surface area contributed by atoms with Gasteiger partial charge in [0.2, 0.25) is 29.5 Å². The summed E-state index contributed by atoms with van der Waals surface area (Å²) in [5.41, 5.74) is 6.11. The van der Waals surface area contributed by atoms with Gasteiger partial charge in [0.25, 0.3) is 0 Å². The van der Waals surface area contributed by atoms with E-state index in [1.54, 1.807) is 39.8 Å². The van der Waals surface area contributed by atoms with Crippen molar-refractivity contribution in [1.82, 2.24) is 20.4 Å². The predicted octanol–water partition coefficient (Wildman–Crippen LogP) is 2.87. The van der Waals surface area contributed by atoms with Crippen LogP contribution in [0.15, 0.2) is 24.3 Å². The standard InChI is InChI=1S/C39H63N5O9/c1-11-22(5)32(39(52)53-26(9)25(8)35(48)41-29(34(40)47)19-21(3)4)42-36(49)30(20-27-14-16-28(45)17-15-27)43(10)38(51)33(23(6)12-2)44-31(46)18-13-24(7)37(44)50/h14-17,21-26,29-33,45-46H,11-13,18-20H2,1-10H3,(H2,40,47)(H,41,48)(H,42,49)/t22-,23-,24-,25-,26+,29-,30-,31?,32-,33-/m0/s1. The molecule has 0 aliphatic carbocycles. The molecule has 0 radical (unpaired) electrons. The number of aliphatic hydroxyl groups excluding tert-OH is 1. The number of rotatable bonds is 19. The van der Waals surface area contributed by atoms with E-state index in [9.17, 15) is 39.0 Å². The van der Waals surface area contributed by atoms with Gasteiger partial charge in [-0.05, 0) is 61.6 Å². The van der Waals surface area contributed by atoms with Crippen LogP contribution in [0.1, 0.15) is 100.0 Å². The van der Waals surface area contributed by atoms with E-state index in [1.165, 1.54) is 29.0 Å². The van der Waals surface area contributed by atoms with Crippen molar-refractivity contribution in [3.63, 3.8) is 0 Å². The Balaban J connectivity index is 2.42. The Labute approximate surface area is 314 Å². The van der Waals surface area contributed by atoms with Crippen molar-refractivity contribution in [1.29, 1.82) is 0 Å². The lowest BCUT2D eigenvalue weighted by molar-refractivity contribution is -0.169. The van der Waals surface area contributed by atoms with E-state index < -0.39 is 77.9 Å². The summed E-state index contributed by atoms with van der Waals surface area (Å²) in [6, 6.07) is 1.90. The smallest absolute Gasteiger partial charge is 0.329 e. The van der Waals surface area contributed by atoms with Crippen molar-refractivity contribution >= 4 is 35.5 Å². The summed E-state index contributed by atoms with van der Waals surface area (Å²) < 4.78 is 5.75. The van der Waals surface area contributed by atoms with Gasteiger partial charge in [0.05, 0.1) is 5.92 Å². The zero-order valence-corrected chi connectivity index (χ0v) is 33.1. The van der Waals surface area contributed by atoms with Crippen molar-refractivity contribution in [3.8, 4) is 5.75 Å². The molecule has 10 atom stereocenters. The molecular weight excluding hydrogens is 682 g/mol. The number of nitrogens with zero attached hydrogens (tertiary/aromatic N) is 2. The van der Waals surface area contributed by atoms with Gasteiger partial charge in [0.1, 0.15) is 42.2 Å². The van der Waals surface area contributed by atoms with Gasteiger partial charge in [-0.1, -0.05) is 80.4 Å². The van der Waals surface area contributed by atoms with Gasteiger partial charge in [-0.15, -0.1) is 0 Å². The number of carbonyl (C=O) groups excluding carboxylic acids is 6. The van der Waals surface area contributed by atoms with E-state index in [-0.39, 0.29) is 35.8 Å². The summed E-state index contributed by atoms with van der Waals surface area (Å²) in [5.74, 6) is -5.42. The van der Waals surface area contributed by atoms with Crippen LogP contribution in [-0.2, 0) is 39.9 Å². The second-order valence-corrected chi connectivity index (χ2v) is 15.3. The van der Waals surface area contributed by atoms with Crippen LogP contribution < -0.4 is 16.4 Å². The minimum absolute atomic E-state index is 0.00176. The molecule has 14 heteroatoms. The number of nitrogens with two attached hydrogens (primary N) is 1. The molecule has 1 aliphatic heterocycles. The second-order valence-electron chi connectivity index (χ2n) is 15.3. The van der Waals surface area contributed by atoms with E-state index >= 15 is 0 Å². The summed E-state index contributed by atoms with van der Waals surface area (Å²) in [6.07, 6.45) is 0.0356. The Hall–Kier alpha value is -4.20. The maximum Gasteiger partial charge on any atom is 0.329 e. The average Bonchev–Trinajstić information content (AvgIpc) is 3.11. The van der Waals surface area contributed by atoms with Crippen molar-refractivity contribution in [2.75, 3.05) is 7.05 Å². The van der Waals surface area contributed by atoms with Crippen molar-refractivity contribution in [3.05, 3.63) is 29.8 Å². The molecule has 0 aromatic heterocycles. The lowest BCUT2D eigenvalue weighted by atomic mass is 9.89. The average molecular weight is 746 g/mol. The molecule has 1 fully saturated rings. The summed E-state index contributed by atoms with van der Waals surface area (Å²) >= 11 is 0. The van der Waals surface area contributed by atoms with Gasteiger partial charge in [0.15, 0.2) is 0 Å². The third-order valence-electron chi connectivity index (χ3n) is 10.6. The molecule has 1 unspecified atom stereocenters. The van der Waals surface area contributed by atoms with Gasteiger partial charge in [-0.2, -0.15) is 0 Å². The number of carbonyl (C=O) groups is 6. The molecule has 0 bridgehead atoms. The van der Waals surface area contributed by atoms with Crippen LogP contribution in [0.4, 0.5) is 0 Å². The number of primary amides is 1. The summed E-state index contributed by atoms with van der Waals surface area (Å²) in [5, 5.41) is 26.3. The van der Waals surface area contributed by atoms with E-state index in [0.717, 1.165) is 0 Å². The quantitative estimate of drug-likeness (QED) is 0.132. The van der Waals surface area contributed by atoms with Crippen LogP contribution in [0.5, 0.6) is 5.75 Å². The predicted molar refractivity (Wildman–Crippen MR) is 200 cm³/mol. The number of esters is 1. The number of likely N-dealkylation sites (tertiary alicyclic amines) is 1. The monoisotopic (exact) mass is 745 g/mol. The number of hydrogen-bond donors (Lipinski definition) is 5. The Kier molecular flexibility index (Phi) is 17.2. The fraction of sp³-hybridized carbons (Fsp3) is 0.692. The molecular formula is C39H63N5O9. The van der Waals surface area contributed by atoms with Crippen LogP contribution in [0, 0.1) is 29.6 Å². The third kappa shape index (κ3) is 12.2. The van der Waals surface area contributed by atoms with Gasteiger partial charge in [0, 0.05) is 19.4 Å². The van der Waals surface area contributed by atoms with Gasteiger partial charge in [-0.25, -0.2) is 4.79 Å². The zero-order valence-electron chi connectivity index (χ0n) is 33.1.